The Morgan fingerprint density at radius 2 is 0.676 bits per heavy atom. The van der Waals surface area contributed by atoms with Crippen molar-refractivity contribution in [2.24, 2.45) is 0 Å². The molecule has 0 rings (SSSR count). The number of ether oxygens (including phenoxy) is 3. The van der Waals surface area contributed by atoms with E-state index in [2.05, 4.69) is 167 Å². The number of rotatable bonds is 48. The maximum absolute atomic E-state index is 12.8. The van der Waals surface area contributed by atoms with E-state index < -0.39 is 6.10 Å². The molecule has 0 aromatic carbocycles. The molecule has 0 aromatic heterocycles. The van der Waals surface area contributed by atoms with E-state index in [9.17, 15) is 9.59 Å². The molecule has 0 aliphatic carbocycles. The zero-order valence-electron chi connectivity index (χ0n) is 43.8. The summed E-state index contributed by atoms with van der Waals surface area (Å²) in [5.41, 5.74) is 0. The van der Waals surface area contributed by atoms with E-state index in [0.29, 0.717) is 19.4 Å². The van der Waals surface area contributed by atoms with E-state index in [1.807, 2.05) is 0 Å². The average Bonchev–Trinajstić information content (AvgIpc) is 3.34. The van der Waals surface area contributed by atoms with Crippen LogP contribution in [0.1, 0.15) is 213 Å². The third kappa shape index (κ3) is 54.4. The second-order valence-corrected chi connectivity index (χ2v) is 17.4. The number of unbranched alkanes of at least 4 members (excludes halogenated alkanes) is 13. The summed E-state index contributed by atoms with van der Waals surface area (Å²) in [6.07, 6.45) is 83.0. The minimum atomic E-state index is -0.598. The minimum Gasteiger partial charge on any atom is -0.462 e. The van der Waals surface area contributed by atoms with Crippen LogP contribution in [0.25, 0.3) is 0 Å². The molecular formula is C63H100O5. The van der Waals surface area contributed by atoms with Crippen LogP contribution in [0.3, 0.4) is 0 Å². The minimum absolute atomic E-state index is 0.0250. The standard InChI is InChI=1S/C63H100O5/c1-4-7-10-13-16-19-22-25-28-31-34-37-40-43-46-49-52-55-58-66-59-61(68-63(65)57-54-51-48-45-42-39-36-33-30-27-24-21-18-15-12-9-6-3)60-67-62(64)56-53-50-47-44-41-38-35-32-29-26-23-20-17-14-11-8-5-2/h7-8,10-11,16-21,25-30,34-35,37-38,43-44,46-47,61H,4-6,9,12-15,22-24,31-33,36,39-42,45,48-60H2,1-3H3/b10-7-,11-8-,19-16-,20-17-,21-18-,28-25-,29-26-,30-27-,37-34-,38-35-,46-43-,47-44-. The molecule has 0 saturated heterocycles. The van der Waals surface area contributed by atoms with Gasteiger partial charge in [0.1, 0.15) is 6.61 Å². The summed E-state index contributed by atoms with van der Waals surface area (Å²) in [6.45, 7) is 7.39. The van der Waals surface area contributed by atoms with Crippen LogP contribution in [0.2, 0.25) is 0 Å². The molecule has 0 fully saturated rings. The van der Waals surface area contributed by atoms with E-state index in [0.717, 1.165) is 128 Å². The lowest BCUT2D eigenvalue weighted by atomic mass is 10.1. The highest BCUT2D eigenvalue weighted by Gasteiger charge is 2.17. The number of hydrogen-bond donors (Lipinski definition) is 0. The zero-order valence-corrected chi connectivity index (χ0v) is 43.8. The van der Waals surface area contributed by atoms with Crippen molar-refractivity contribution in [3.05, 3.63) is 146 Å². The molecule has 0 bridgehead atoms. The van der Waals surface area contributed by atoms with Crippen molar-refractivity contribution in [2.75, 3.05) is 19.8 Å². The lowest BCUT2D eigenvalue weighted by Gasteiger charge is -2.18. The average molecular weight is 937 g/mol. The molecule has 0 saturated carbocycles. The fourth-order valence-corrected chi connectivity index (χ4v) is 6.84. The van der Waals surface area contributed by atoms with Gasteiger partial charge in [0.05, 0.1) is 6.61 Å². The van der Waals surface area contributed by atoms with Gasteiger partial charge in [-0.2, -0.15) is 0 Å². The Hall–Kier alpha value is -4.22. The van der Waals surface area contributed by atoms with E-state index >= 15 is 0 Å². The maximum Gasteiger partial charge on any atom is 0.306 e. The smallest absolute Gasteiger partial charge is 0.306 e. The van der Waals surface area contributed by atoms with E-state index in [-0.39, 0.29) is 25.2 Å². The maximum atomic E-state index is 12.8. The van der Waals surface area contributed by atoms with Gasteiger partial charge in [0.15, 0.2) is 6.10 Å². The highest BCUT2D eigenvalue weighted by molar-refractivity contribution is 5.70. The normalized spacial score (nSPS) is 13.4. The summed E-state index contributed by atoms with van der Waals surface area (Å²) >= 11 is 0. The van der Waals surface area contributed by atoms with Crippen LogP contribution in [0.4, 0.5) is 0 Å². The van der Waals surface area contributed by atoms with Gasteiger partial charge in [0.2, 0.25) is 0 Å². The van der Waals surface area contributed by atoms with Gasteiger partial charge in [0.25, 0.3) is 0 Å². The van der Waals surface area contributed by atoms with Crippen LogP contribution in [-0.4, -0.2) is 37.9 Å². The molecule has 68 heavy (non-hydrogen) atoms. The van der Waals surface area contributed by atoms with Crippen LogP contribution >= 0.6 is 0 Å². The first-order chi connectivity index (χ1) is 33.6. The van der Waals surface area contributed by atoms with Gasteiger partial charge in [-0.3, -0.25) is 9.59 Å². The van der Waals surface area contributed by atoms with Crippen LogP contribution in [0.5, 0.6) is 0 Å². The SMILES string of the molecule is CC/C=C\C/C=C\C/C=C\C/C=C\C/C=C\CCCCOCC(COC(=O)CCC/C=C\C/C=C\C/C=C\C/C=C\C/C=C\CC)OC(=O)CCCCCCCCC/C=C\C/C=C\CCCCC. The second-order valence-electron chi connectivity index (χ2n) is 17.4. The Kier molecular flexibility index (Phi) is 53.6. The monoisotopic (exact) mass is 937 g/mol. The summed E-state index contributed by atoms with van der Waals surface area (Å²) in [5.74, 6) is -0.508. The first-order valence-corrected chi connectivity index (χ1v) is 27.4. The number of esters is 2. The molecule has 0 amide bonds. The molecule has 5 heteroatoms. The molecule has 0 radical (unpaired) electrons. The van der Waals surface area contributed by atoms with Crippen LogP contribution in [0, 0.1) is 0 Å². The van der Waals surface area contributed by atoms with Gasteiger partial charge >= 0.3 is 11.9 Å². The molecule has 0 aliphatic rings. The summed E-state index contributed by atoms with van der Waals surface area (Å²) < 4.78 is 17.3. The number of hydrogen-bond acceptors (Lipinski definition) is 5. The Labute approximate surface area is 419 Å². The summed E-state index contributed by atoms with van der Waals surface area (Å²) in [6, 6.07) is 0. The Bertz CT molecular complexity index is 1480. The van der Waals surface area contributed by atoms with Crippen LogP contribution < -0.4 is 0 Å². The van der Waals surface area contributed by atoms with E-state index in [4.69, 9.17) is 14.2 Å². The molecule has 0 spiro atoms. The summed E-state index contributed by atoms with van der Waals surface area (Å²) in [4.78, 5) is 25.5. The molecule has 0 aromatic rings. The van der Waals surface area contributed by atoms with Gasteiger partial charge in [-0.1, -0.05) is 212 Å². The largest absolute Gasteiger partial charge is 0.462 e. The Balaban J connectivity index is 4.50. The fraction of sp³-hybridized carbons (Fsp3) is 0.587. The third-order valence-corrected chi connectivity index (χ3v) is 10.8. The van der Waals surface area contributed by atoms with Crippen molar-refractivity contribution in [1.29, 1.82) is 0 Å². The summed E-state index contributed by atoms with van der Waals surface area (Å²) in [5, 5.41) is 0. The van der Waals surface area contributed by atoms with Gasteiger partial charge in [-0.05, 0) is 135 Å². The predicted molar refractivity (Wildman–Crippen MR) is 297 cm³/mol. The number of carbonyl (C=O) groups excluding carboxylic acids is 2. The lowest BCUT2D eigenvalue weighted by molar-refractivity contribution is -0.163. The molecule has 0 N–H and O–H groups in total. The third-order valence-electron chi connectivity index (χ3n) is 10.8. The molecular weight excluding hydrogens is 837 g/mol. The Morgan fingerprint density at radius 1 is 0.338 bits per heavy atom. The lowest BCUT2D eigenvalue weighted by Crippen LogP contribution is -2.30. The highest BCUT2D eigenvalue weighted by Crippen LogP contribution is 2.12. The van der Waals surface area contributed by atoms with Gasteiger partial charge in [-0.15, -0.1) is 0 Å². The topological polar surface area (TPSA) is 61.8 Å². The van der Waals surface area contributed by atoms with Gasteiger partial charge in [0, 0.05) is 19.4 Å². The van der Waals surface area contributed by atoms with Crippen molar-refractivity contribution < 1.29 is 23.8 Å². The number of carbonyl (C=O) groups is 2. The van der Waals surface area contributed by atoms with Crippen LogP contribution in [-0.2, 0) is 23.8 Å². The quantitative estimate of drug-likeness (QED) is 0.0346. The van der Waals surface area contributed by atoms with Crippen molar-refractivity contribution in [1.82, 2.24) is 0 Å². The molecule has 5 nitrogen and oxygen atoms in total. The molecule has 382 valence electrons. The van der Waals surface area contributed by atoms with Crippen molar-refractivity contribution in [2.45, 2.75) is 219 Å². The van der Waals surface area contributed by atoms with E-state index in [1.54, 1.807) is 0 Å². The predicted octanol–water partition coefficient (Wildman–Crippen LogP) is 18.9. The first kappa shape index (κ1) is 63.8. The highest BCUT2D eigenvalue weighted by atomic mass is 16.6. The van der Waals surface area contributed by atoms with E-state index in [1.165, 1.54) is 51.4 Å². The van der Waals surface area contributed by atoms with Crippen molar-refractivity contribution in [3.8, 4) is 0 Å². The molecule has 0 heterocycles. The van der Waals surface area contributed by atoms with Gasteiger partial charge < -0.3 is 14.2 Å². The fourth-order valence-electron chi connectivity index (χ4n) is 6.84. The summed E-state index contributed by atoms with van der Waals surface area (Å²) in [7, 11) is 0. The second kappa shape index (κ2) is 57.1. The zero-order chi connectivity index (χ0) is 49.2. The van der Waals surface area contributed by atoms with Crippen LogP contribution in [0.15, 0.2) is 146 Å². The van der Waals surface area contributed by atoms with Gasteiger partial charge in [-0.25, -0.2) is 0 Å². The Morgan fingerprint density at radius 3 is 1.10 bits per heavy atom. The van der Waals surface area contributed by atoms with Crippen molar-refractivity contribution >= 4 is 11.9 Å². The number of allylic oxidation sites excluding steroid dienone is 24. The molecule has 1 atom stereocenters. The van der Waals surface area contributed by atoms with Crippen molar-refractivity contribution in [3.63, 3.8) is 0 Å². The first-order valence-electron chi connectivity index (χ1n) is 27.4. The molecule has 1 unspecified atom stereocenters. The molecule has 0 aliphatic heterocycles.